The number of amides is 1. The monoisotopic (exact) mass is 472 g/mol. The van der Waals surface area contributed by atoms with E-state index in [9.17, 15) is 13.2 Å². The summed E-state index contributed by atoms with van der Waals surface area (Å²) in [6, 6.07) is 13.2. The first-order valence-corrected chi connectivity index (χ1v) is 12.2. The second-order valence-electron chi connectivity index (χ2n) is 7.41. The molecule has 10 heteroatoms. The normalized spacial score (nSPS) is 11.5. The molecule has 0 spiro atoms. The Morgan fingerprint density at radius 3 is 2.21 bits per heavy atom. The van der Waals surface area contributed by atoms with E-state index in [0.29, 0.717) is 25.4 Å². The van der Waals surface area contributed by atoms with Gasteiger partial charge in [-0.1, -0.05) is 31.1 Å². The van der Waals surface area contributed by atoms with E-state index in [-0.39, 0.29) is 16.5 Å². The highest BCUT2D eigenvalue weighted by Crippen LogP contribution is 2.19. The topological polar surface area (TPSA) is 115 Å². The summed E-state index contributed by atoms with van der Waals surface area (Å²) in [5.74, 6) is 0.626. The van der Waals surface area contributed by atoms with Crippen LogP contribution in [0.3, 0.4) is 0 Å². The van der Waals surface area contributed by atoms with Crippen LogP contribution in [0, 0.1) is 0 Å². The van der Waals surface area contributed by atoms with E-state index in [0.717, 1.165) is 24.2 Å². The fourth-order valence-electron chi connectivity index (χ4n) is 3.24. The Hall–Kier alpha value is -3.24. The van der Waals surface area contributed by atoms with Gasteiger partial charge in [-0.25, -0.2) is 8.42 Å². The molecule has 0 saturated heterocycles. The van der Waals surface area contributed by atoms with Crippen LogP contribution >= 0.6 is 0 Å². The number of nitrogens with zero attached hydrogens (tertiary/aromatic N) is 3. The average Bonchev–Trinajstić information content (AvgIpc) is 3.26. The van der Waals surface area contributed by atoms with Crippen LogP contribution in [0.15, 0.2) is 57.8 Å². The summed E-state index contributed by atoms with van der Waals surface area (Å²) >= 11 is 0. The lowest BCUT2D eigenvalue weighted by molar-refractivity contribution is 0.102. The van der Waals surface area contributed by atoms with Crippen LogP contribution in [0.5, 0.6) is 5.75 Å². The molecular weight excluding hydrogens is 444 g/mol. The minimum Gasteiger partial charge on any atom is -0.497 e. The van der Waals surface area contributed by atoms with Crippen molar-refractivity contribution in [2.24, 2.45) is 0 Å². The first-order valence-electron chi connectivity index (χ1n) is 10.7. The Balaban J connectivity index is 1.65. The third-order valence-electron chi connectivity index (χ3n) is 4.90. The van der Waals surface area contributed by atoms with Gasteiger partial charge in [0.25, 0.3) is 5.91 Å². The quantitative estimate of drug-likeness (QED) is 0.452. The molecular formula is C23H28N4O5S. The maximum atomic E-state index is 12.9. The Morgan fingerprint density at radius 1 is 1.00 bits per heavy atom. The molecule has 1 amide bonds. The molecule has 1 N–H and O–H groups in total. The van der Waals surface area contributed by atoms with Gasteiger partial charge in [-0.15, -0.1) is 5.10 Å². The molecule has 1 aromatic heterocycles. The van der Waals surface area contributed by atoms with E-state index in [1.54, 1.807) is 7.11 Å². The second kappa shape index (κ2) is 11.1. The predicted molar refractivity (Wildman–Crippen MR) is 124 cm³/mol. The minimum absolute atomic E-state index is 0.0303. The van der Waals surface area contributed by atoms with Crippen molar-refractivity contribution < 1.29 is 22.4 Å². The van der Waals surface area contributed by atoms with Crippen molar-refractivity contribution in [3.63, 3.8) is 0 Å². The number of anilines is 1. The first kappa shape index (κ1) is 24.4. The van der Waals surface area contributed by atoms with Crippen molar-refractivity contribution in [3.05, 3.63) is 65.5 Å². The lowest BCUT2D eigenvalue weighted by Gasteiger charge is -2.21. The summed E-state index contributed by atoms with van der Waals surface area (Å²) in [7, 11) is -2.01. The number of benzene rings is 2. The molecule has 0 bridgehead atoms. The number of methoxy groups -OCH3 is 1. The van der Waals surface area contributed by atoms with E-state index in [1.807, 2.05) is 38.1 Å². The third-order valence-corrected chi connectivity index (χ3v) is 6.81. The van der Waals surface area contributed by atoms with Gasteiger partial charge in [0.2, 0.25) is 15.9 Å². The van der Waals surface area contributed by atoms with E-state index < -0.39 is 15.9 Å². The van der Waals surface area contributed by atoms with Crippen molar-refractivity contribution in [1.29, 1.82) is 0 Å². The summed E-state index contributed by atoms with van der Waals surface area (Å²) in [4.78, 5) is 12.7. The van der Waals surface area contributed by atoms with Crippen molar-refractivity contribution in [2.75, 3.05) is 25.5 Å². The number of hydrogen-bond acceptors (Lipinski definition) is 7. The molecule has 0 aliphatic heterocycles. The largest absolute Gasteiger partial charge is 0.497 e. The van der Waals surface area contributed by atoms with Crippen LogP contribution in [-0.4, -0.2) is 49.0 Å². The smallest absolute Gasteiger partial charge is 0.322 e. The fraction of sp³-hybridized carbons (Fsp3) is 0.348. The van der Waals surface area contributed by atoms with Crippen LogP contribution in [-0.2, 0) is 16.4 Å². The molecule has 176 valence electrons. The van der Waals surface area contributed by atoms with Gasteiger partial charge in [0.05, 0.1) is 18.4 Å². The molecule has 1 heterocycles. The maximum Gasteiger partial charge on any atom is 0.322 e. The molecule has 9 nitrogen and oxygen atoms in total. The number of ether oxygens (including phenoxy) is 1. The molecule has 0 aliphatic rings. The molecule has 0 aliphatic carbocycles. The highest BCUT2D eigenvalue weighted by molar-refractivity contribution is 7.89. The van der Waals surface area contributed by atoms with Gasteiger partial charge >= 0.3 is 6.01 Å². The lowest BCUT2D eigenvalue weighted by Crippen LogP contribution is -2.32. The van der Waals surface area contributed by atoms with Crippen LogP contribution in [0.1, 0.15) is 48.5 Å². The lowest BCUT2D eigenvalue weighted by atomic mass is 10.1. The summed E-state index contributed by atoms with van der Waals surface area (Å²) in [5.41, 5.74) is 1.23. The van der Waals surface area contributed by atoms with Crippen molar-refractivity contribution >= 4 is 21.9 Å². The van der Waals surface area contributed by atoms with E-state index in [4.69, 9.17) is 9.15 Å². The summed E-state index contributed by atoms with van der Waals surface area (Å²) in [6.07, 6.45) is 1.86. The molecule has 33 heavy (non-hydrogen) atoms. The predicted octanol–water partition coefficient (Wildman–Crippen LogP) is 3.73. The Morgan fingerprint density at radius 2 is 1.64 bits per heavy atom. The van der Waals surface area contributed by atoms with Crippen LogP contribution in [0.2, 0.25) is 0 Å². The number of carbonyl (C=O) groups is 1. The van der Waals surface area contributed by atoms with Crippen molar-refractivity contribution in [3.8, 4) is 5.75 Å². The van der Waals surface area contributed by atoms with Gasteiger partial charge < -0.3 is 9.15 Å². The van der Waals surface area contributed by atoms with Crippen LogP contribution < -0.4 is 10.1 Å². The van der Waals surface area contributed by atoms with Crippen LogP contribution in [0.25, 0.3) is 0 Å². The van der Waals surface area contributed by atoms with E-state index >= 15 is 0 Å². The van der Waals surface area contributed by atoms with Crippen molar-refractivity contribution in [1.82, 2.24) is 14.5 Å². The van der Waals surface area contributed by atoms with Gasteiger partial charge in [0.1, 0.15) is 5.75 Å². The second-order valence-corrected chi connectivity index (χ2v) is 9.35. The zero-order valence-electron chi connectivity index (χ0n) is 18.9. The van der Waals surface area contributed by atoms with E-state index in [1.165, 1.54) is 28.6 Å². The van der Waals surface area contributed by atoms with Gasteiger partial charge in [0, 0.05) is 18.7 Å². The molecule has 3 aromatic rings. The van der Waals surface area contributed by atoms with Gasteiger partial charge in [-0.3, -0.25) is 10.1 Å². The summed E-state index contributed by atoms with van der Waals surface area (Å²) in [5, 5.41) is 10.4. The number of sulfonamides is 1. The highest BCUT2D eigenvalue weighted by Gasteiger charge is 2.23. The fourth-order valence-corrected chi connectivity index (χ4v) is 4.87. The number of hydrogen-bond donors (Lipinski definition) is 1. The average molecular weight is 473 g/mol. The molecule has 0 fully saturated rings. The zero-order valence-corrected chi connectivity index (χ0v) is 19.8. The summed E-state index contributed by atoms with van der Waals surface area (Å²) < 4.78 is 37.8. The van der Waals surface area contributed by atoms with E-state index in [2.05, 4.69) is 15.5 Å². The molecule has 0 radical (unpaired) electrons. The molecule has 2 aromatic carbocycles. The highest BCUT2D eigenvalue weighted by atomic mass is 32.2. The standard InChI is InChI=1S/C23H28N4O5S/c1-4-14-27(15-5-2)33(29,30)20-12-8-18(9-13-20)22(28)24-23-26-25-21(32-23)16-17-6-10-19(31-3)11-7-17/h6-13H,4-5,14-16H2,1-3H3,(H,24,26,28). The molecule has 0 atom stereocenters. The Bertz CT molecular complexity index is 1150. The Labute approximate surface area is 193 Å². The molecule has 3 rings (SSSR count). The Kier molecular flexibility index (Phi) is 8.18. The first-order chi connectivity index (χ1) is 15.9. The number of rotatable bonds is 11. The molecule has 0 saturated carbocycles. The maximum absolute atomic E-state index is 12.9. The number of carbonyl (C=O) groups excluding carboxylic acids is 1. The van der Waals surface area contributed by atoms with Crippen molar-refractivity contribution in [2.45, 2.75) is 38.0 Å². The third kappa shape index (κ3) is 6.17. The zero-order chi connectivity index (χ0) is 23.8. The number of nitrogens with one attached hydrogen (secondary N) is 1. The summed E-state index contributed by atoms with van der Waals surface area (Å²) in [6.45, 7) is 4.78. The van der Waals surface area contributed by atoms with Crippen LogP contribution in [0.4, 0.5) is 6.01 Å². The van der Waals surface area contributed by atoms with Gasteiger partial charge in [-0.2, -0.15) is 4.31 Å². The molecule has 0 unspecified atom stereocenters. The van der Waals surface area contributed by atoms with Gasteiger partial charge in [-0.05, 0) is 54.8 Å². The van der Waals surface area contributed by atoms with Gasteiger partial charge in [0.15, 0.2) is 0 Å². The minimum atomic E-state index is -3.60. The SMILES string of the molecule is CCCN(CCC)S(=O)(=O)c1ccc(C(=O)Nc2nnc(Cc3ccc(OC)cc3)o2)cc1. The number of aromatic nitrogens is 2.